The third-order valence-electron chi connectivity index (χ3n) is 4.66. The highest BCUT2D eigenvalue weighted by Gasteiger charge is 2.19. The van der Waals surface area contributed by atoms with Crippen LogP contribution in [0.3, 0.4) is 0 Å². The molecule has 0 bridgehead atoms. The lowest BCUT2D eigenvalue weighted by Gasteiger charge is -2.11. The number of aryl methyl sites for hydroxylation is 3. The highest BCUT2D eigenvalue weighted by molar-refractivity contribution is 7.89. The van der Waals surface area contributed by atoms with Gasteiger partial charge in [-0.1, -0.05) is 6.07 Å². The Bertz CT molecular complexity index is 1030. The summed E-state index contributed by atoms with van der Waals surface area (Å²) in [7, 11) is -3.74. The lowest BCUT2D eigenvalue weighted by molar-refractivity contribution is -0.116. The molecular formula is C21H25N3O4S. The van der Waals surface area contributed by atoms with E-state index in [1.54, 1.807) is 12.1 Å². The first-order valence-electron chi connectivity index (χ1n) is 9.53. The van der Waals surface area contributed by atoms with Gasteiger partial charge >= 0.3 is 0 Å². The zero-order valence-corrected chi connectivity index (χ0v) is 17.4. The average molecular weight is 416 g/mol. The van der Waals surface area contributed by atoms with Gasteiger partial charge in [-0.05, 0) is 73.7 Å². The molecule has 7 nitrogen and oxygen atoms in total. The Morgan fingerprint density at radius 2 is 1.79 bits per heavy atom. The molecule has 3 rings (SSSR count). The maximum Gasteiger partial charge on any atom is 0.240 e. The number of rotatable bonds is 6. The SMILES string of the molecule is Cc1cc(C)cc(NC(=O)CCNS(=O)(=O)c2ccc3c(c2)CCCC(=O)N3)c1. The van der Waals surface area contributed by atoms with Gasteiger partial charge in [0.15, 0.2) is 0 Å². The number of hydrogen-bond donors (Lipinski definition) is 3. The second-order valence-corrected chi connectivity index (χ2v) is 9.06. The minimum absolute atomic E-state index is 0.00716. The van der Waals surface area contributed by atoms with Crippen LogP contribution in [0.15, 0.2) is 41.3 Å². The summed E-state index contributed by atoms with van der Waals surface area (Å²) in [6, 6.07) is 10.4. The van der Waals surface area contributed by atoms with Crippen molar-refractivity contribution in [3.05, 3.63) is 53.1 Å². The summed E-state index contributed by atoms with van der Waals surface area (Å²) < 4.78 is 27.6. The number of carbonyl (C=O) groups is 2. The normalized spacial score (nSPS) is 13.9. The van der Waals surface area contributed by atoms with Gasteiger partial charge in [0.1, 0.15) is 0 Å². The Morgan fingerprint density at radius 3 is 2.52 bits per heavy atom. The number of benzene rings is 2. The standard InChI is InChI=1S/C21H25N3O4S/c1-14-10-15(2)12-17(11-14)23-21(26)8-9-22-29(27,28)18-6-7-19-16(13-18)4-3-5-20(25)24-19/h6-7,10-13,22H,3-5,8-9H2,1-2H3,(H,23,26)(H,24,25). The molecule has 0 fully saturated rings. The molecule has 0 saturated carbocycles. The Kier molecular flexibility index (Phi) is 6.34. The molecule has 2 aromatic carbocycles. The van der Waals surface area contributed by atoms with Crippen LogP contribution in [0.4, 0.5) is 11.4 Å². The van der Waals surface area contributed by atoms with E-state index in [2.05, 4.69) is 15.4 Å². The number of hydrogen-bond acceptors (Lipinski definition) is 4. The number of sulfonamides is 1. The fraction of sp³-hybridized carbons (Fsp3) is 0.333. The number of nitrogens with one attached hydrogen (secondary N) is 3. The van der Waals surface area contributed by atoms with Gasteiger partial charge in [-0.2, -0.15) is 0 Å². The highest BCUT2D eigenvalue weighted by atomic mass is 32.2. The summed E-state index contributed by atoms with van der Waals surface area (Å²) in [6.45, 7) is 3.89. The summed E-state index contributed by atoms with van der Waals surface area (Å²) in [5.74, 6) is -0.324. The van der Waals surface area contributed by atoms with E-state index in [1.165, 1.54) is 6.07 Å². The van der Waals surface area contributed by atoms with E-state index in [0.717, 1.165) is 16.7 Å². The van der Waals surface area contributed by atoms with Gasteiger partial charge in [-0.3, -0.25) is 9.59 Å². The fourth-order valence-electron chi connectivity index (χ4n) is 3.37. The van der Waals surface area contributed by atoms with Gasteiger partial charge in [0, 0.05) is 30.8 Å². The summed E-state index contributed by atoms with van der Waals surface area (Å²) in [4.78, 5) is 23.9. The van der Waals surface area contributed by atoms with Crippen LogP contribution >= 0.6 is 0 Å². The zero-order chi connectivity index (χ0) is 21.0. The van der Waals surface area contributed by atoms with Crippen molar-refractivity contribution in [3.63, 3.8) is 0 Å². The number of amides is 2. The first kappa shape index (κ1) is 21.0. The molecule has 0 saturated heterocycles. The van der Waals surface area contributed by atoms with Crippen LogP contribution < -0.4 is 15.4 Å². The van der Waals surface area contributed by atoms with E-state index in [9.17, 15) is 18.0 Å². The van der Waals surface area contributed by atoms with Crippen LogP contribution in [0.25, 0.3) is 0 Å². The summed E-state index contributed by atoms with van der Waals surface area (Å²) in [5.41, 5.74) is 4.23. The first-order chi connectivity index (χ1) is 13.7. The minimum atomic E-state index is -3.74. The van der Waals surface area contributed by atoms with Crippen molar-refractivity contribution in [2.24, 2.45) is 0 Å². The third kappa shape index (κ3) is 5.65. The van der Waals surface area contributed by atoms with Gasteiger partial charge in [-0.25, -0.2) is 13.1 Å². The first-order valence-corrected chi connectivity index (χ1v) is 11.0. The van der Waals surface area contributed by atoms with E-state index >= 15 is 0 Å². The Balaban J connectivity index is 1.59. The molecular weight excluding hydrogens is 390 g/mol. The smallest absolute Gasteiger partial charge is 0.240 e. The van der Waals surface area contributed by atoms with E-state index < -0.39 is 10.0 Å². The van der Waals surface area contributed by atoms with Crippen LogP contribution in [0, 0.1) is 13.8 Å². The molecule has 0 unspecified atom stereocenters. The Morgan fingerprint density at radius 1 is 1.07 bits per heavy atom. The minimum Gasteiger partial charge on any atom is -0.326 e. The number of fused-ring (bicyclic) bond motifs is 1. The molecule has 154 valence electrons. The quantitative estimate of drug-likeness (QED) is 0.675. The Hall–Kier alpha value is -2.71. The predicted octanol–water partition coefficient (Wildman–Crippen LogP) is 2.89. The molecule has 3 N–H and O–H groups in total. The topological polar surface area (TPSA) is 104 Å². The van der Waals surface area contributed by atoms with Crippen molar-refractivity contribution < 1.29 is 18.0 Å². The summed E-state index contributed by atoms with van der Waals surface area (Å²) in [5, 5.41) is 5.57. The maximum atomic E-state index is 12.6. The second-order valence-electron chi connectivity index (χ2n) is 7.29. The molecule has 0 spiro atoms. The molecule has 2 aromatic rings. The molecule has 29 heavy (non-hydrogen) atoms. The van der Waals surface area contributed by atoms with Crippen molar-refractivity contribution in [2.45, 2.75) is 44.4 Å². The molecule has 1 aliphatic heterocycles. The zero-order valence-electron chi connectivity index (χ0n) is 16.5. The molecule has 1 heterocycles. The van der Waals surface area contributed by atoms with Crippen molar-refractivity contribution >= 4 is 33.2 Å². The molecule has 0 aliphatic carbocycles. The maximum absolute atomic E-state index is 12.6. The molecule has 0 atom stereocenters. The van der Waals surface area contributed by atoms with Gasteiger partial charge < -0.3 is 10.6 Å². The van der Waals surface area contributed by atoms with Gasteiger partial charge in [-0.15, -0.1) is 0 Å². The summed E-state index contributed by atoms with van der Waals surface area (Å²) >= 11 is 0. The van der Waals surface area contributed by atoms with Crippen LogP contribution in [0.1, 0.15) is 36.0 Å². The van der Waals surface area contributed by atoms with E-state index in [-0.39, 0.29) is 29.7 Å². The predicted molar refractivity (Wildman–Crippen MR) is 112 cm³/mol. The lowest BCUT2D eigenvalue weighted by Crippen LogP contribution is -2.28. The molecule has 0 radical (unpaired) electrons. The number of anilines is 2. The molecule has 2 amide bonds. The summed E-state index contributed by atoms with van der Waals surface area (Å²) in [6.07, 6.45) is 1.75. The fourth-order valence-corrected chi connectivity index (χ4v) is 4.45. The van der Waals surface area contributed by atoms with E-state index in [4.69, 9.17) is 0 Å². The average Bonchev–Trinajstić information content (AvgIpc) is 2.80. The largest absolute Gasteiger partial charge is 0.326 e. The van der Waals surface area contributed by atoms with Crippen LogP contribution in [-0.4, -0.2) is 26.8 Å². The van der Waals surface area contributed by atoms with Gasteiger partial charge in [0.25, 0.3) is 0 Å². The van der Waals surface area contributed by atoms with Crippen molar-refractivity contribution in [2.75, 3.05) is 17.2 Å². The van der Waals surface area contributed by atoms with E-state index in [1.807, 2.05) is 32.0 Å². The van der Waals surface area contributed by atoms with Crippen LogP contribution in [-0.2, 0) is 26.0 Å². The highest BCUT2D eigenvalue weighted by Crippen LogP contribution is 2.25. The lowest BCUT2D eigenvalue weighted by atomic mass is 10.1. The monoisotopic (exact) mass is 415 g/mol. The van der Waals surface area contributed by atoms with Crippen molar-refractivity contribution in [1.29, 1.82) is 0 Å². The van der Waals surface area contributed by atoms with Gasteiger partial charge in [0.2, 0.25) is 21.8 Å². The molecule has 8 heteroatoms. The van der Waals surface area contributed by atoms with Crippen molar-refractivity contribution in [3.8, 4) is 0 Å². The number of carbonyl (C=O) groups excluding carboxylic acids is 2. The van der Waals surface area contributed by atoms with Crippen molar-refractivity contribution in [1.82, 2.24) is 4.72 Å². The third-order valence-corrected chi connectivity index (χ3v) is 6.12. The van der Waals surface area contributed by atoms with Crippen LogP contribution in [0.2, 0.25) is 0 Å². The van der Waals surface area contributed by atoms with Gasteiger partial charge in [0.05, 0.1) is 4.90 Å². The Labute approximate surface area is 171 Å². The van der Waals surface area contributed by atoms with Crippen LogP contribution in [0.5, 0.6) is 0 Å². The second kappa shape index (κ2) is 8.75. The molecule has 1 aliphatic rings. The molecule has 0 aromatic heterocycles. The van der Waals surface area contributed by atoms with E-state index in [0.29, 0.717) is 30.6 Å².